The number of nitrogens with one attached hydrogen (secondary N) is 4. The van der Waals surface area contributed by atoms with Gasteiger partial charge in [0.2, 0.25) is 70.9 Å². The molecule has 0 bridgehead atoms. The van der Waals surface area contributed by atoms with Gasteiger partial charge in [0.05, 0.1) is 25.6 Å². The second-order valence-corrected chi connectivity index (χ2v) is 32.0. The molecule has 12 atom stereocenters. The third-order valence-corrected chi connectivity index (χ3v) is 22.0. The van der Waals surface area contributed by atoms with Crippen molar-refractivity contribution in [1.29, 1.82) is 0 Å². The molecule has 4 rings (SSSR count). The van der Waals surface area contributed by atoms with Crippen LogP contribution in [0.4, 0.5) is 13.2 Å². The van der Waals surface area contributed by atoms with Gasteiger partial charge in [0.1, 0.15) is 60.5 Å². The molecule has 105 heavy (non-hydrogen) atoms. The average molecular weight is 1490 g/mol. The Balaban J connectivity index is 2.00. The van der Waals surface area contributed by atoms with Gasteiger partial charge in [-0.25, -0.2) is 0 Å². The number of aliphatic hydroxyl groups excluding tert-OH is 2. The van der Waals surface area contributed by atoms with Gasteiger partial charge < -0.3 is 70.7 Å². The Hall–Kier alpha value is -6.65. The van der Waals surface area contributed by atoms with E-state index in [9.17, 15) is 42.6 Å². The largest absolute Gasteiger partial charge is 0.414 e. The molecule has 0 radical (unpaired) electrons. The van der Waals surface area contributed by atoms with Crippen LogP contribution in [0.3, 0.4) is 0 Å². The van der Waals surface area contributed by atoms with Gasteiger partial charge in [-0.05, 0) is 119 Å². The summed E-state index contributed by atoms with van der Waals surface area (Å²) in [7, 11) is 8.26. The van der Waals surface area contributed by atoms with Crippen LogP contribution < -0.4 is 21.3 Å². The molecule has 26 nitrogen and oxygen atoms in total. The first-order valence-corrected chi connectivity index (χ1v) is 39.0. The third-order valence-electron chi connectivity index (χ3n) is 22.0. The van der Waals surface area contributed by atoms with Crippen LogP contribution in [0.15, 0.2) is 0 Å². The van der Waals surface area contributed by atoms with Crippen LogP contribution in [0, 0.1) is 35.5 Å². The third kappa shape index (κ3) is 27.5. The summed E-state index contributed by atoms with van der Waals surface area (Å²) in [5.74, 6) is -10.6. The van der Waals surface area contributed by atoms with Gasteiger partial charge in [0.15, 0.2) is 0 Å². The lowest BCUT2D eigenvalue weighted by atomic mass is 9.84. The monoisotopic (exact) mass is 1490 g/mol. The fraction of sp³-hybridized carbons (Fsp3) is 0.842. The lowest BCUT2D eigenvalue weighted by Crippen LogP contribution is -2.62. The predicted octanol–water partition coefficient (Wildman–Crippen LogP) is 6.16. The number of aliphatic hydroxyl groups is 2. The van der Waals surface area contributed by atoms with Crippen LogP contribution >= 0.6 is 0 Å². The first-order valence-electron chi connectivity index (χ1n) is 39.0. The highest BCUT2D eigenvalue weighted by Crippen LogP contribution is 2.32. The Morgan fingerprint density at radius 3 is 1.42 bits per heavy atom. The van der Waals surface area contributed by atoms with Crippen molar-refractivity contribution in [3.8, 4) is 0 Å². The molecule has 12 amide bonds. The van der Waals surface area contributed by atoms with Crippen molar-refractivity contribution < 1.29 is 80.9 Å². The normalized spacial score (nSPS) is 26.7. The molecular formula is C76H131F3N12O14. The van der Waals surface area contributed by atoms with Crippen molar-refractivity contribution in [3.05, 3.63) is 0 Å². The zero-order chi connectivity index (χ0) is 78.9. The summed E-state index contributed by atoms with van der Waals surface area (Å²) in [5, 5.41) is 32.8. The number of alkyl halides is 3. The maximum Gasteiger partial charge on any atom is 0.414 e. The number of carbonyl (C=O) groups excluding carboxylic acids is 12. The number of carbonyl (C=O) groups is 12. The van der Waals surface area contributed by atoms with E-state index in [0.717, 1.165) is 80.4 Å². The quantitative estimate of drug-likeness (QED) is 0.0750. The number of hydrogen-bond donors (Lipinski definition) is 6. The van der Waals surface area contributed by atoms with Gasteiger partial charge in [0, 0.05) is 61.9 Å². The van der Waals surface area contributed by atoms with E-state index < -0.39 is 188 Å². The standard InChI is InChI=1S/C76H131F3N12O14/c1-17-19-36-91-46-64(96)86(13)60(43-53-32-25-21-26-33-53)73(103)88(15)57(40-48(5)6)67(97)80-54(34-29-35-61(93)76(77,78)79)71(101)87(14)56(39-47(3)4)68(98)81-55(72(102)90-37-27-22-28-38-90)44-62(94)84(11)45-63(95)85(12)59(42-52-30-23-20-24-31-52)70(100)82-65(50(9)18-2)74(104)89(16)58(41-49(7)8)69(99)83-66(51(10)92)75(91)105/h47-61,65-66,92-93H,17-46H2,1-16H3,(H,80,97)(H,81,98)(H,82,100)(H,83,99)/t50-,51+,54-,55-,56-,57-,58-,59-,60-,61?,65-,66-/m0/s1. The maximum absolute atomic E-state index is 15.5. The molecule has 4 fully saturated rings. The molecular weight excluding hydrogens is 1360 g/mol. The van der Waals surface area contributed by atoms with E-state index >= 15 is 38.4 Å². The minimum atomic E-state index is -5.03. The van der Waals surface area contributed by atoms with Crippen molar-refractivity contribution in [2.45, 2.75) is 303 Å². The van der Waals surface area contributed by atoms with Crippen LogP contribution in [-0.4, -0.2) is 268 Å². The minimum absolute atomic E-state index is 0.00612. The zero-order valence-corrected chi connectivity index (χ0v) is 66.0. The van der Waals surface area contributed by atoms with Crippen LogP contribution in [0.5, 0.6) is 0 Å². The van der Waals surface area contributed by atoms with E-state index in [1.165, 1.54) is 78.6 Å². The van der Waals surface area contributed by atoms with Crippen molar-refractivity contribution >= 4 is 70.9 Å². The number of likely N-dealkylation sites (tertiary alicyclic amines) is 1. The van der Waals surface area contributed by atoms with E-state index in [-0.39, 0.29) is 68.2 Å². The number of halogens is 3. The Labute approximate surface area is 622 Å². The summed E-state index contributed by atoms with van der Waals surface area (Å²) >= 11 is 0. The van der Waals surface area contributed by atoms with Crippen molar-refractivity contribution in [1.82, 2.24) is 60.5 Å². The minimum Gasteiger partial charge on any atom is -0.391 e. The average Bonchev–Trinajstić information content (AvgIpc) is 0.821. The summed E-state index contributed by atoms with van der Waals surface area (Å²) in [6.45, 7) is 16.9. The summed E-state index contributed by atoms with van der Waals surface area (Å²) in [6, 6.07) is -12.7. The molecule has 0 aromatic heterocycles. The van der Waals surface area contributed by atoms with Gasteiger partial charge >= 0.3 is 6.18 Å². The Morgan fingerprint density at radius 1 is 0.495 bits per heavy atom. The van der Waals surface area contributed by atoms with Crippen LogP contribution in [-0.2, 0) is 57.5 Å². The summed E-state index contributed by atoms with van der Waals surface area (Å²) in [4.78, 5) is 191. The topological polar surface area (TPSA) is 319 Å². The molecule has 6 N–H and O–H groups in total. The fourth-order valence-electron chi connectivity index (χ4n) is 14.9. The van der Waals surface area contributed by atoms with E-state index in [4.69, 9.17) is 0 Å². The first-order chi connectivity index (χ1) is 49.2. The predicted molar refractivity (Wildman–Crippen MR) is 392 cm³/mol. The summed E-state index contributed by atoms with van der Waals surface area (Å²) in [5.41, 5.74) is 0. The Bertz CT molecular complexity index is 2870. The highest BCUT2D eigenvalue weighted by atomic mass is 19.4. The fourth-order valence-corrected chi connectivity index (χ4v) is 14.9. The van der Waals surface area contributed by atoms with Gasteiger partial charge in [-0.2, -0.15) is 13.2 Å². The highest BCUT2D eigenvalue weighted by molar-refractivity contribution is 6.00. The van der Waals surface area contributed by atoms with E-state index in [1.54, 1.807) is 34.6 Å². The van der Waals surface area contributed by atoms with Crippen molar-refractivity contribution in [2.75, 3.05) is 75.0 Å². The smallest absolute Gasteiger partial charge is 0.391 e. The molecule has 0 spiro atoms. The number of rotatable bonds is 21. The molecule has 2 aliphatic carbocycles. The zero-order valence-electron chi connectivity index (χ0n) is 66.0. The molecule has 4 aliphatic rings. The SMILES string of the molecule is CCCCN1CC(=O)N(C)[C@@H](CC2CCCCC2)C(=O)N(C)[C@@H](CC(C)C)C(=O)N[C@@H](CCCC(O)C(F)(F)F)C(=O)N(C)[C@@H](CC(C)C)C(=O)N[C@H](C(=O)N2CCCCC2)CC(=O)N(C)CC(=O)N(C)[C@@H](CC2CCCCC2)C(=O)N[C@@H]([C@@H](C)CC)C(=O)N(C)[C@@H](CC(C)C)C(=O)N[C@@H]([C@@H](C)O)C1=O. The number of unbranched alkanes of at least 4 members (excludes halogenated alkanes) is 1. The van der Waals surface area contributed by atoms with Gasteiger partial charge in [-0.1, -0.05) is 139 Å². The summed E-state index contributed by atoms with van der Waals surface area (Å²) in [6.07, 6.45) is 0.105. The number of likely N-dealkylation sites (N-methyl/N-ethyl adjacent to an activating group) is 6. The van der Waals surface area contributed by atoms with E-state index in [1.807, 2.05) is 27.7 Å². The maximum atomic E-state index is 15.5. The molecule has 2 heterocycles. The molecule has 2 saturated heterocycles. The second kappa shape index (κ2) is 43.4. The van der Waals surface area contributed by atoms with Crippen LogP contribution in [0.1, 0.15) is 230 Å². The van der Waals surface area contributed by atoms with Gasteiger partial charge in [-0.3, -0.25) is 57.5 Å². The molecule has 0 aromatic carbocycles. The number of piperidine rings is 1. The van der Waals surface area contributed by atoms with Crippen molar-refractivity contribution in [3.63, 3.8) is 0 Å². The summed E-state index contributed by atoms with van der Waals surface area (Å²) < 4.78 is 41.6. The second-order valence-electron chi connectivity index (χ2n) is 32.0. The van der Waals surface area contributed by atoms with Gasteiger partial charge in [0.25, 0.3) is 0 Å². The number of hydrogen-bond acceptors (Lipinski definition) is 14. The number of amides is 12. The molecule has 2 aliphatic heterocycles. The molecule has 0 aromatic rings. The van der Waals surface area contributed by atoms with E-state index in [2.05, 4.69) is 21.3 Å². The van der Waals surface area contributed by atoms with Gasteiger partial charge in [-0.15, -0.1) is 0 Å². The molecule has 29 heteroatoms. The Kier molecular flexibility index (Phi) is 37.5. The molecule has 1 unspecified atom stereocenters. The lowest BCUT2D eigenvalue weighted by Gasteiger charge is -2.39. The number of nitrogens with zero attached hydrogens (tertiary/aromatic N) is 8. The molecule has 2 saturated carbocycles. The molecule has 600 valence electrons. The highest BCUT2D eigenvalue weighted by Gasteiger charge is 2.45. The van der Waals surface area contributed by atoms with Crippen LogP contribution in [0.2, 0.25) is 0 Å². The van der Waals surface area contributed by atoms with E-state index in [0.29, 0.717) is 45.2 Å². The van der Waals surface area contributed by atoms with Crippen LogP contribution in [0.25, 0.3) is 0 Å². The lowest BCUT2D eigenvalue weighted by molar-refractivity contribution is -0.205. The first kappa shape index (κ1) is 90.7. The van der Waals surface area contributed by atoms with Crippen molar-refractivity contribution in [2.24, 2.45) is 35.5 Å². The Morgan fingerprint density at radius 2 is 0.933 bits per heavy atom.